The maximum absolute atomic E-state index is 11.7. The lowest BCUT2D eigenvalue weighted by Gasteiger charge is -2.15. The van der Waals surface area contributed by atoms with E-state index in [9.17, 15) is 9.59 Å². The van der Waals surface area contributed by atoms with Crippen molar-refractivity contribution in [2.24, 2.45) is 13.0 Å². The topological polar surface area (TPSA) is 96.3 Å². The molecule has 0 aliphatic carbocycles. The molecular weight excluding hydrogens is 272 g/mol. The highest BCUT2D eigenvalue weighted by Crippen LogP contribution is 2.17. The number of aryl methyl sites for hydroxylation is 1. The van der Waals surface area contributed by atoms with Gasteiger partial charge in [0.05, 0.1) is 11.9 Å². The second-order valence-corrected chi connectivity index (χ2v) is 5.16. The summed E-state index contributed by atoms with van der Waals surface area (Å²) in [5.41, 5.74) is 0.644. The third kappa shape index (κ3) is 7.34. The van der Waals surface area contributed by atoms with E-state index in [2.05, 4.69) is 22.7 Å². The summed E-state index contributed by atoms with van der Waals surface area (Å²) in [6.45, 7) is 2.62. The van der Waals surface area contributed by atoms with Crippen LogP contribution in [0.1, 0.15) is 39.0 Å². The first-order valence-corrected chi connectivity index (χ1v) is 7.26. The predicted octanol–water partition coefficient (Wildman–Crippen LogP) is 2.21. The Kier molecular flexibility index (Phi) is 7.28. The smallest absolute Gasteiger partial charge is 0.319 e. The maximum atomic E-state index is 11.7. The highest BCUT2D eigenvalue weighted by Gasteiger charge is 2.11. The number of hydrogen-bond acceptors (Lipinski definition) is 3. The molecule has 1 atom stereocenters. The molecule has 7 nitrogen and oxygen atoms in total. The molecule has 0 bridgehead atoms. The molecule has 0 spiro atoms. The number of urea groups is 1. The molecule has 0 saturated heterocycles. The number of carbonyl (C=O) groups is 2. The lowest BCUT2D eigenvalue weighted by Crippen LogP contribution is -2.30. The van der Waals surface area contributed by atoms with Crippen LogP contribution >= 0.6 is 0 Å². The molecule has 1 unspecified atom stereocenters. The van der Waals surface area contributed by atoms with E-state index < -0.39 is 5.97 Å². The standard InChI is InChI=1S/C14H24N4O3/c1-3-4-11(5-6-13(19)20)7-8-15-14(21)17-12-9-16-18(2)10-12/h9-11H,3-8H2,1-2H3,(H,19,20)(H2,15,17,21). The Labute approximate surface area is 124 Å². The molecule has 118 valence electrons. The zero-order valence-corrected chi connectivity index (χ0v) is 12.6. The summed E-state index contributed by atoms with van der Waals surface area (Å²) in [6, 6.07) is -0.267. The molecule has 0 aliphatic heterocycles. The Bertz CT molecular complexity index is 459. The van der Waals surface area contributed by atoms with Crippen LogP contribution in [0.4, 0.5) is 10.5 Å². The third-order valence-electron chi connectivity index (χ3n) is 3.26. The number of carboxylic acids is 1. The normalized spacial score (nSPS) is 11.9. The fourth-order valence-corrected chi connectivity index (χ4v) is 2.22. The second-order valence-electron chi connectivity index (χ2n) is 5.16. The van der Waals surface area contributed by atoms with Crippen LogP contribution in [0.5, 0.6) is 0 Å². The van der Waals surface area contributed by atoms with E-state index in [4.69, 9.17) is 5.11 Å². The summed E-state index contributed by atoms with van der Waals surface area (Å²) in [7, 11) is 1.78. The predicted molar refractivity (Wildman–Crippen MR) is 80.1 cm³/mol. The van der Waals surface area contributed by atoms with E-state index in [0.29, 0.717) is 24.6 Å². The molecule has 21 heavy (non-hydrogen) atoms. The van der Waals surface area contributed by atoms with Gasteiger partial charge in [0.25, 0.3) is 0 Å². The number of nitrogens with zero attached hydrogens (tertiary/aromatic N) is 2. The number of anilines is 1. The van der Waals surface area contributed by atoms with Crippen molar-refractivity contribution >= 4 is 17.7 Å². The molecule has 0 aliphatic rings. The number of amides is 2. The van der Waals surface area contributed by atoms with E-state index in [1.165, 1.54) is 0 Å². The number of nitrogens with one attached hydrogen (secondary N) is 2. The first-order chi connectivity index (χ1) is 10.0. The molecular formula is C14H24N4O3. The third-order valence-corrected chi connectivity index (χ3v) is 3.26. The first kappa shape index (κ1) is 17.0. The SMILES string of the molecule is CCCC(CCNC(=O)Nc1cnn(C)c1)CCC(=O)O. The number of carboxylic acid groups (broad SMARTS) is 1. The molecule has 1 heterocycles. The quantitative estimate of drug-likeness (QED) is 0.651. The molecule has 2 amide bonds. The summed E-state index contributed by atoms with van der Waals surface area (Å²) >= 11 is 0. The van der Waals surface area contributed by atoms with Crippen molar-refractivity contribution in [1.29, 1.82) is 0 Å². The van der Waals surface area contributed by atoms with Gasteiger partial charge < -0.3 is 15.7 Å². The van der Waals surface area contributed by atoms with Gasteiger partial charge in [-0.2, -0.15) is 5.10 Å². The van der Waals surface area contributed by atoms with Crippen molar-refractivity contribution in [2.45, 2.75) is 39.0 Å². The van der Waals surface area contributed by atoms with Gasteiger partial charge in [0.15, 0.2) is 0 Å². The van der Waals surface area contributed by atoms with Crippen molar-refractivity contribution in [2.75, 3.05) is 11.9 Å². The molecule has 0 aromatic carbocycles. The van der Waals surface area contributed by atoms with E-state index in [-0.39, 0.29) is 12.5 Å². The summed E-state index contributed by atoms with van der Waals surface area (Å²) in [6.07, 6.45) is 6.94. The number of carbonyl (C=O) groups excluding carboxylic acids is 1. The average Bonchev–Trinajstić information content (AvgIpc) is 2.81. The fraction of sp³-hybridized carbons (Fsp3) is 0.643. The van der Waals surface area contributed by atoms with Crippen molar-refractivity contribution in [1.82, 2.24) is 15.1 Å². The van der Waals surface area contributed by atoms with Gasteiger partial charge in [-0.3, -0.25) is 9.48 Å². The zero-order valence-electron chi connectivity index (χ0n) is 12.6. The fourth-order valence-electron chi connectivity index (χ4n) is 2.22. The van der Waals surface area contributed by atoms with E-state index in [0.717, 1.165) is 19.3 Å². The lowest BCUT2D eigenvalue weighted by atomic mass is 9.94. The Morgan fingerprint density at radius 3 is 2.71 bits per heavy atom. The molecule has 3 N–H and O–H groups in total. The Hall–Kier alpha value is -2.05. The largest absolute Gasteiger partial charge is 0.481 e. The van der Waals surface area contributed by atoms with Crippen LogP contribution in [0.3, 0.4) is 0 Å². The highest BCUT2D eigenvalue weighted by molar-refractivity contribution is 5.88. The summed E-state index contributed by atoms with van der Waals surface area (Å²) < 4.78 is 1.61. The molecule has 0 saturated carbocycles. The van der Waals surface area contributed by atoms with Crippen LogP contribution in [-0.2, 0) is 11.8 Å². The number of aliphatic carboxylic acids is 1. The lowest BCUT2D eigenvalue weighted by molar-refractivity contribution is -0.137. The van der Waals surface area contributed by atoms with Gasteiger partial charge in [0, 0.05) is 26.2 Å². The average molecular weight is 296 g/mol. The molecule has 1 aromatic rings. The van der Waals surface area contributed by atoms with Crippen molar-refractivity contribution < 1.29 is 14.7 Å². The maximum Gasteiger partial charge on any atom is 0.319 e. The highest BCUT2D eigenvalue weighted by atomic mass is 16.4. The van der Waals surface area contributed by atoms with Crippen molar-refractivity contribution in [3.05, 3.63) is 12.4 Å². The number of aromatic nitrogens is 2. The van der Waals surface area contributed by atoms with Crippen LogP contribution < -0.4 is 10.6 Å². The van der Waals surface area contributed by atoms with Gasteiger partial charge in [-0.15, -0.1) is 0 Å². The van der Waals surface area contributed by atoms with E-state index in [1.807, 2.05) is 0 Å². The molecule has 1 aromatic heterocycles. The van der Waals surface area contributed by atoms with Crippen molar-refractivity contribution in [3.8, 4) is 0 Å². The van der Waals surface area contributed by atoms with Gasteiger partial charge in [-0.05, 0) is 18.8 Å². The van der Waals surface area contributed by atoms with Crippen LogP contribution in [0.25, 0.3) is 0 Å². The molecule has 1 rings (SSSR count). The number of hydrogen-bond donors (Lipinski definition) is 3. The number of rotatable bonds is 9. The van der Waals surface area contributed by atoms with Gasteiger partial charge in [-0.25, -0.2) is 4.79 Å². The van der Waals surface area contributed by atoms with E-state index in [1.54, 1.807) is 24.1 Å². The zero-order chi connectivity index (χ0) is 15.7. The minimum Gasteiger partial charge on any atom is -0.481 e. The van der Waals surface area contributed by atoms with E-state index >= 15 is 0 Å². The van der Waals surface area contributed by atoms with Gasteiger partial charge in [0.1, 0.15) is 0 Å². The summed E-state index contributed by atoms with van der Waals surface area (Å²) in [5.74, 6) is -0.428. The van der Waals surface area contributed by atoms with Crippen molar-refractivity contribution in [3.63, 3.8) is 0 Å². The minimum absolute atomic E-state index is 0.187. The summed E-state index contributed by atoms with van der Waals surface area (Å²) in [5, 5.41) is 18.2. The molecule has 0 fully saturated rings. The molecule has 7 heteroatoms. The summed E-state index contributed by atoms with van der Waals surface area (Å²) in [4.78, 5) is 22.3. The Morgan fingerprint density at radius 2 is 2.14 bits per heavy atom. The van der Waals surface area contributed by atoms with Gasteiger partial charge >= 0.3 is 12.0 Å². The van der Waals surface area contributed by atoms with Crippen LogP contribution in [0, 0.1) is 5.92 Å². The van der Waals surface area contributed by atoms with Gasteiger partial charge in [0.2, 0.25) is 0 Å². The Morgan fingerprint density at radius 1 is 1.38 bits per heavy atom. The van der Waals surface area contributed by atoms with Crippen LogP contribution in [-0.4, -0.2) is 33.4 Å². The minimum atomic E-state index is -0.765. The van der Waals surface area contributed by atoms with Crippen LogP contribution in [0.15, 0.2) is 12.4 Å². The molecule has 0 radical (unpaired) electrons. The monoisotopic (exact) mass is 296 g/mol. The first-order valence-electron chi connectivity index (χ1n) is 7.26. The van der Waals surface area contributed by atoms with Crippen LogP contribution in [0.2, 0.25) is 0 Å². The second kappa shape index (κ2) is 8.99. The Balaban J connectivity index is 2.25. The van der Waals surface area contributed by atoms with Gasteiger partial charge in [-0.1, -0.05) is 19.8 Å².